The first-order valence-corrected chi connectivity index (χ1v) is 11.9. The molecule has 4 aromatic rings. The molecule has 190 valence electrons. The molecule has 0 bridgehead atoms. The molecule has 0 fully saturated rings. The Kier molecular flexibility index (Phi) is 8.06. The van der Waals surface area contributed by atoms with Crippen molar-refractivity contribution in [1.29, 1.82) is 0 Å². The van der Waals surface area contributed by atoms with Crippen LogP contribution < -0.4 is 21.4 Å². The molecule has 8 nitrogen and oxygen atoms in total. The van der Waals surface area contributed by atoms with Crippen molar-refractivity contribution in [1.82, 2.24) is 16.1 Å². The molecule has 0 aliphatic heterocycles. The standard InChI is InChI=1S/C26H22F2N4O4S/c27-18-7-6-16(20(28)13-18)14-29-26(35)31-21(10-15-4-2-1-3-5-15)24(33)30-19-8-9-22-17(11-19)12-23(37-22)25(34)32-36/h1-9,11-13,21,36H,10,14H2,(H,30,33)(H,32,34)(H2,29,31,35). The average Bonchev–Trinajstić information content (AvgIpc) is 3.31. The highest BCUT2D eigenvalue weighted by molar-refractivity contribution is 7.20. The van der Waals surface area contributed by atoms with Crippen molar-refractivity contribution in [3.05, 3.63) is 100 Å². The van der Waals surface area contributed by atoms with Crippen LogP contribution in [0.3, 0.4) is 0 Å². The van der Waals surface area contributed by atoms with Crippen molar-refractivity contribution in [2.45, 2.75) is 19.0 Å². The first-order valence-electron chi connectivity index (χ1n) is 11.1. The van der Waals surface area contributed by atoms with Crippen molar-refractivity contribution in [2.75, 3.05) is 5.32 Å². The van der Waals surface area contributed by atoms with Crippen LogP contribution in [-0.4, -0.2) is 29.1 Å². The van der Waals surface area contributed by atoms with E-state index in [0.29, 0.717) is 16.0 Å². The molecular formula is C26H22F2N4O4S. The van der Waals surface area contributed by atoms with Crippen LogP contribution in [0.15, 0.2) is 72.8 Å². The number of nitrogens with one attached hydrogen (secondary N) is 4. The normalized spacial score (nSPS) is 11.5. The number of halogens is 2. The summed E-state index contributed by atoms with van der Waals surface area (Å²) >= 11 is 1.18. The van der Waals surface area contributed by atoms with Crippen molar-refractivity contribution >= 4 is 45.0 Å². The van der Waals surface area contributed by atoms with Crippen molar-refractivity contribution in [3.8, 4) is 0 Å². The van der Waals surface area contributed by atoms with E-state index in [-0.39, 0.29) is 18.5 Å². The van der Waals surface area contributed by atoms with Crippen molar-refractivity contribution in [2.24, 2.45) is 0 Å². The molecule has 0 saturated heterocycles. The molecule has 1 atom stereocenters. The van der Waals surface area contributed by atoms with Crippen LogP contribution in [0.4, 0.5) is 19.3 Å². The lowest BCUT2D eigenvalue weighted by Gasteiger charge is -2.19. The summed E-state index contributed by atoms with van der Waals surface area (Å²) in [5.41, 5.74) is 2.94. The second kappa shape index (κ2) is 11.6. The highest BCUT2D eigenvalue weighted by Crippen LogP contribution is 2.28. The molecule has 0 radical (unpaired) electrons. The fourth-order valence-electron chi connectivity index (χ4n) is 3.63. The second-order valence-electron chi connectivity index (χ2n) is 8.10. The van der Waals surface area contributed by atoms with Gasteiger partial charge in [0.05, 0.1) is 4.88 Å². The number of thiophene rings is 1. The first kappa shape index (κ1) is 25.7. The summed E-state index contributed by atoms with van der Waals surface area (Å²) in [5.74, 6) is -2.64. The van der Waals surface area contributed by atoms with Gasteiger partial charge in [0.2, 0.25) is 5.91 Å². The Bertz CT molecular complexity index is 1450. The third kappa shape index (κ3) is 6.66. The largest absolute Gasteiger partial charge is 0.334 e. The number of anilines is 1. The molecule has 4 amide bonds. The number of hydrogen-bond donors (Lipinski definition) is 5. The van der Waals surface area contributed by atoms with Gasteiger partial charge in [0.15, 0.2) is 0 Å². The number of carbonyl (C=O) groups is 3. The number of urea groups is 1. The number of amides is 4. The summed E-state index contributed by atoms with van der Waals surface area (Å²) in [6.45, 7) is -0.198. The molecule has 1 aromatic heterocycles. The number of fused-ring (bicyclic) bond motifs is 1. The molecule has 0 spiro atoms. The van der Waals surface area contributed by atoms with Gasteiger partial charge in [0.1, 0.15) is 17.7 Å². The third-order valence-electron chi connectivity index (χ3n) is 5.47. The Labute approximate surface area is 214 Å². The Morgan fingerprint density at radius 1 is 0.946 bits per heavy atom. The van der Waals surface area contributed by atoms with Crippen LogP contribution in [0.2, 0.25) is 0 Å². The summed E-state index contributed by atoms with van der Waals surface area (Å²) in [4.78, 5) is 37.7. The Hall–Kier alpha value is -4.35. The molecular weight excluding hydrogens is 502 g/mol. The topological polar surface area (TPSA) is 120 Å². The summed E-state index contributed by atoms with van der Waals surface area (Å²) < 4.78 is 27.8. The van der Waals surface area contributed by atoms with E-state index < -0.39 is 35.5 Å². The fraction of sp³-hybridized carbons (Fsp3) is 0.115. The van der Waals surface area contributed by atoms with Gasteiger partial charge in [-0.1, -0.05) is 36.4 Å². The van der Waals surface area contributed by atoms with Gasteiger partial charge in [0, 0.05) is 35.0 Å². The maximum Gasteiger partial charge on any atom is 0.315 e. The van der Waals surface area contributed by atoms with E-state index in [9.17, 15) is 23.2 Å². The predicted molar refractivity (Wildman–Crippen MR) is 135 cm³/mol. The summed E-state index contributed by atoms with van der Waals surface area (Å²) in [6.07, 6.45) is 0.187. The predicted octanol–water partition coefficient (Wildman–Crippen LogP) is 4.35. The summed E-state index contributed by atoms with van der Waals surface area (Å²) in [7, 11) is 0. The number of hydrogen-bond acceptors (Lipinski definition) is 5. The van der Waals surface area contributed by atoms with Crippen LogP contribution in [0.25, 0.3) is 10.1 Å². The van der Waals surface area contributed by atoms with E-state index in [1.54, 1.807) is 29.7 Å². The quantitative estimate of drug-likeness (QED) is 0.174. The van der Waals surface area contributed by atoms with Crippen LogP contribution in [0, 0.1) is 11.6 Å². The summed E-state index contributed by atoms with van der Waals surface area (Å²) in [5, 5.41) is 17.4. The van der Waals surface area contributed by atoms with Gasteiger partial charge in [-0.05, 0) is 41.3 Å². The molecule has 3 aromatic carbocycles. The van der Waals surface area contributed by atoms with Crippen LogP contribution in [0.1, 0.15) is 20.8 Å². The lowest BCUT2D eigenvalue weighted by atomic mass is 10.1. The van der Waals surface area contributed by atoms with E-state index in [1.807, 2.05) is 30.3 Å². The molecule has 1 unspecified atom stereocenters. The van der Waals surface area contributed by atoms with Gasteiger partial charge >= 0.3 is 6.03 Å². The zero-order valence-corrected chi connectivity index (χ0v) is 20.1. The van der Waals surface area contributed by atoms with Gasteiger partial charge in [-0.3, -0.25) is 14.8 Å². The Morgan fingerprint density at radius 2 is 1.73 bits per heavy atom. The molecule has 1 heterocycles. The number of rotatable bonds is 8. The minimum absolute atomic E-state index is 0.0962. The maximum atomic E-state index is 13.9. The van der Waals surface area contributed by atoms with Gasteiger partial charge in [-0.25, -0.2) is 19.1 Å². The van der Waals surface area contributed by atoms with Gasteiger partial charge in [-0.15, -0.1) is 11.3 Å². The maximum absolute atomic E-state index is 13.9. The van der Waals surface area contributed by atoms with Crippen molar-refractivity contribution < 1.29 is 28.4 Å². The van der Waals surface area contributed by atoms with Gasteiger partial charge in [0.25, 0.3) is 5.91 Å². The molecule has 0 aliphatic rings. The molecule has 0 aliphatic carbocycles. The van der Waals surface area contributed by atoms with Crippen LogP contribution in [-0.2, 0) is 17.8 Å². The lowest BCUT2D eigenvalue weighted by Crippen LogP contribution is -2.49. The zero-order chi connectivity index (χ0) is 26.4. The van der Waals surface area contributed by atoms with E-state index in [2.05, 4.69) is 16.0 Å². The molecule has 0 saturated carbocycles. The molecule has 5 N–H and O–H groups in total. The lowest BCUT2D eigenvalue weighted by molar-refractivity contribution is -0.117. The minimum Gasteiger partial charge on any atom is -0.334 e. The van der Waals surface area contributed by atoms with Crippen LogP contribution in [0.5, 0.6) is 0 Å². The highest BCUT2D eigenvalue weighted by Gasteiger charge is 2.22. The van der Waals surface area contributed by atoms with Gasteiger partial charge < -0.3 is 16.0 Å². The highest BCUT2D eigenvalue weighted by atomic mass is 32.1. The molecule has 4 rings (SSSR count). The average molecular weight is 525 g/mol. The number of benzene rings is 3. The van der Waals surface area contributed by atoms with E-state index in [4.69, 9.17) is 5.21 Å². The summed E-state index contributed by atoms with van der Waals surface area (Å²) in [6, 6.07) is 17.1. The fourth-order valence-corrected chi connectivity index (χ4v) is 4.56. The Balaban J connectivity index is 1.47. The molecule has 37 heavy (non-hydrogen) atoms. The monoisotopic (exact) mass is 524 g/mol. The van der Waals surface area contributed by atoms with E-state index in [1.165, 1.54) is 17.4 Å². The van der Waals surface area contributed by atoms with Gasteiger partial charge in [-0.2, -0.15) is 0 Å². The van der Waals surface area contributed by atoms with E-state index in [0.717, 1.165) is 22.4 Å². The number of carbonyl (C=O) groups excluding carboxylic acids is 3. The Morgan fingerprint density at radius 3 is 2.46 bits per heavy atom. The SMILES string of the molecule is O=C(NCc1ccc(F)cc1F)NC(Cc1ccccc1)C(=O)Nc1ccc2sc(C(=O)NO)cc2c1. The van der Waals surface area contributed by atoms with E-state index >= 15 is 0 Å². The zero-order valence-electron chi connectivity index (χ0n) is 19.3. The second-order valence-corrected chi connectivity index (χ2v) is 9.18. The number of hydroxylamine groups is 1. The third-order valence-corrected chi connectivity index (χ3v) is 6.58. The van der Waals surface area contributed by atoms with Crippen molar-refractivity contribution in [3.63, 3.8) is 0 Å². The molecule has 11 heteroatoms. The smallest absolute Gasteiger partial charge is 0.315 e. The minimum atomic E-state index is -0.977. The first-order chi connectivity index (χ1) is 17.8. The van der Waals surface area contributed by atoms with Crippen LogP contribution >= 0.6 is 11.3 Å².